The van der Waals surface area contributed by atoms with Gasteiger partial charge in [0.25, 0.3) is 0 Å². The van der Waals surface area contributed by atoms with Crippen LogP contribution in [-0.4, -0.2) is 49.4 Å². The van der Waals surface area contributed by atoms with E-state index in [2.05, 4.69) is 10.6 Å². The molecule has 0 bridgehead atoms. The van der Waals surface area contributed by atoms with E-state index in [9.17, 15) is 9.59 Å². The second-order valence-corrected chi connectivity index (χ2v) is 4.71. The van der Waals surface area contributed by atoms with Gasteiger partial charge in [0.15, 0.2) is 0 Å². The van der Waals surface area contributed by atoms with E-state index in [-0.39, 0.29) is 18.4 Å². The molecule has 1 rings (SSSR count). The van der Waals surface area contributed by atoms with Crippen LogP contribution in [0.5, 0.6) is 0 Å². The molecule has 5 nitrogen and oxygen atoms in total. The van der Waals surface area contributed by atoms with E-state index < -0.39 is 0 Å². The quantitative estimate of drug-likeness (QED) is 0.734. The van der Waals surface area contributed by atoms with Crippen LogP contribution < -0.4 is 10.6 Å². The Morgan fingerprint density at radius 2 is 1.82 bits per heavy atom. The summed E-state index contributed by atoms with van der Waals surface area (Å²) in [6.45, 7) is 1.53. The highest BCUT2D eigenvalue weighted by molar-refractivity contribution is 5.83. The Kier molecular flexibility index (Phi) is 5.41. The van der Waals surface area contributed by atoms with Gasteiger partial charge in [-0.05, 0) is 32.7 Å². The molecule has 0 atom stereocenters. The van der Waals surface area contributed by atoms with Crippen LogP contribution in [0.15, 0.2) is 0 Å². The van der Waals surface area contributed by atoms with Crippen molar-refractivity contribution in [3.63, 3.8) is 0 Å². The SMILES string of the molecule is CNC1CCC(N(C)C(=O)CNC(C)=O)CC1. The Morgan fingerprint density at radius 3 is 2.29 bits per heavy atom. The number of rotatable bonds is 4. The van der Waals surface area contributed by atoms with Crippen LogP contribution in [0.1, 0.15) is 32.6 Å². The molecule has 0 radical (unpaired) electrons. The number of hydrogen-bond donors (Lipinski definition) is 2. The van der Waals surface area contributed by atoms with E-state index in [1.165, 1.54) is 6.92 Å². The minimum Gasteiger partial charge on any atom is -0.347 e. The molecular formula is C12H23N3O2. The molecule has 5 heteroatoms. The lowest BCUT2D eigenvalue weighted by atomic mass is 9.90. The first kappa shape index (κ1) is 14.0. The van der Waals surface area contributed by atoms with Crippen LogP contribution in [0, 0.1) is 0 Å². The molecule has 0 aromatic rings. The Labute approximate surface area is 103 Å². The van der Waals surface area contributed by atoms with Crippen LogP contribution in [0.25, 0.3) is 0 Å². The smallest absolute Gasteiger partial charge is 0.241 e. The molecule has 2 N–H and O–H groups in total. The minimum atomic E-state index is -0.161. The Morgan fingerprint density at radius 1 is 1.24 bits per heavy atom. The zero-order valence-corrected chi connectivity index (χ0v) is 11.0. The molecule has 1 fully saturated rings. The lowest BCUT2D eigenvalue weighted by molar-refractivity contribution is -0.133. The molecule has 1 aliphatic carbocycles. The molecule has 0 heterocycles. The topological polar surface area (TPSA) is 61.4 Å². The molecule has 0 saturated heterocycles. The first-order chi connectivity index (χ1) is 8.04. The zero-order valence-electron chi connectivity index (χ0n) is 11.0. The van der Waals surface area contributed by atoms with Crippen molar-refractivity contribution in [3.05, 3.63) is 0 Å². The van der Waals surface area contributed by atoms with Crippen LogP contribution >= 0.6 is 0 Å². The van der Waals surface area contributed by atoms with Crippen LogP contribution in [-0.2, 0) is 9.59 Å². The lowest BCUT2D eigenvalue weighted by Crippen LogP contribution is -2.46. The van der Waals surface area contributed by atoms with E-state index in [4.69, 9.17) is 0 Å². The fraction of sp³-hybridized carbons (Fsp3) is 0.833. The van der Waals surface area contributed by atoms with E-state index in [1.807, 2.05) is 14.1 Å². The fourth-order valence-corrected chi connectivity index (χ4v) is 2.28. The van der Waals surface area contributed by atoms with Gasteiger partial charge in [-0.2, -0.15) is 0 Å². The van der Waals surface area contributed by atoms with Gasteiger partial charge in [-0.1, -0.05) is 0 Å². The van der Waals surface area contributed by atoms with E-state index >= 15 is 0 Å². The molecule has 0 spiro atoms. The molecule has 2 amide bonds. The summed E-state index contributed by atoms with van der Waals surface area (Å²) in [6.07, 6.45) is 4.29. The van der Waals surface area contributed by atoms with Crippen molar-refractivity contribution < 1.29 is 9.59 Å². The zero-order chi connectivity index (χ0) is 12.8. The molecule has 17 heavy (non-hydrogen) atoms. The maximum absolute atomic E-state index is 11.8. The summed E-state index contributed by atoms with van der Waals surface area (Å²) in [5, 5.41) is 5.81. The van der Waals surface area contributed by atoms with E-state index in [0.29, 0.717) is 12.1 Å². The molecule has 98 valence electrons. The predicted octanol–water partition coefficient (Wildman–Crippen LogP) is 0.112. The van der Waals surface area contributed by atoms with Gasteiger partial charge in [-0.15, -0.1) is 0 Å². The van der Waals surface area contributed by atoms with Crippen molar-refractivity contribution in [1.82, 2.24) is 15.5 Å². The Hall–Kier alpha value is -1.10. The Bertz CT molecular complexity index is 273. The summed E-state index contributed by atoms with van der Waals surface area (Å²) < 4.78 is 0. The summed E-state index contributed by atoms with van der Waals surface area (Å²) in [4.78, 5) is 24.3. The number of likely N-dealkylation sites (N-methyl/N-ethyl adjacent to an activating group) is 1. The van der Waals surface area contributed by atoms with E-state index in [0.717, 1.165) is 25.7 Å². The molecule has 1 aliphatic rings. The lowest BCUT2D eigenvalue weighted by Gasteiger charge is -2.34. The van der Waals surface area contributed by atoms with Gasteiger partial charge in [0.1, 0.15) is 0 Å². The summed E-state index contributed by atoms with van der Waals surface area (Å²) in [5.41, 5.74) is 0. The van der Waals surface area contributed by atoms with Gasteiger partial charge in [-0.3, -0.25) is 9.59 Å². The summed E-state index contributed by atoms with van der Waals surface area (Å²) in [6, 6.07) is 0.908. The highest BCUT2D eigenvalue weighted by Crippen LogP contribution is 2.22. The highest BCUT2D eigenvalue weighted by atomic mass is 16.2. The van der Waals surface area contributed by atoms with Crippen molar-refractivity contribution in [2.24, 2.45) is 0 Å². The molecular weight excluding hydrogens is 218 g/mol. The maximum Gasteiger partial charge on any atom is 0.241 e. The normalized spacial score (nSPS) is 24.2. The average Bonchev–Trinajstić information content (AvgIpc) is 2.35. The highest BCUT2D eigenvalue weighted by Gasteiger charge is 2.25. The van der Waals surface area contributed by atoms with Gasteiger partial charge in [0, 0.05) is 26.1 Å². The molecule has 0 aromatic heterocycles. The number of amides is 2. The molecule has 0 aromatic carbocycles. The summed E-state index contributed by atoms with van der Waals surface area (Å²) >= 11 is 0. The average molecular weight is 241 g/mol. The summed E-state index contributed by atoms with van der Waals surface area (Å²) in [7, 11) is 3.81. The predicted molar refractivity (Wildman–Crippen MR) is 66.6 cm³/mol. The largest absolute Gasteiger partial charge is 0.347 e. The number of carbonyl (C=O) groups excluding carboxylic acids is 2. The summed E-state index contributed by atoms with van der Waals surface area (Å²) in [5.74, 6) is -0.168. The van der Waals surface area contributed by atoms with Crippen LogP contribution in [0.2, 0.25) is 0 Å². The third-order valence-corrected chi connectivity index (χ3v) is 3.53. The number of carbonyl (C=O) groups is 2. The number of hydrogen-bond acceptors (Lipinski definition) is 3. The molecule has 1 saturated carbocycles. The van der Waals surface area contributed by atoms with Crippen molar-refractivity contribution >= 4 is 11.8 Å². The standard InChI is InChI=1S/C12H23N3O2/c1-9(16)14-8-12(17)15(3)11-6-4-10(13-2)5-7-11/h10-11,13H,4-8H2,1-3H3,(H,14,16). The number of nitrogens with zero attached hydrogens (tertiary/aromatic N) is 1. The third kappa shape index (κ3) is 4.34. The van der Waals surface area contributed by atoms with Gasteiger partial charge < -0.3 is 15.5 Å². The number of nitrogens with one attached hydrogen (secondary N) is 2. The van der Waals surface area contributed by atoms with Crippen molar-refractivity contribution in [1.29, 1.82) is 0 Å². The van der Waals surface area contributed by atoms with Gasteiger partial charge >= 0.3 is 0 Å². The first-order valence-corrected chi connectivity index (χ1v) is 6.22. The van der Waals surface area contributed by atoms with E-state index in [1.54, 1.807) is 4.90 Å². The van der Waals surface area contributed by atoms with Crippen molar-refractivity contribution in [2.75, 3.05) is 20.6 Å². The fourth-order valence-electron chi connectivity index (χ4n) is 2.28. The first-order valence-electron chi connectivity index (χ1n) is 6.22. The second-order valence-electron chi connectivity index (χ2n) is 4.71. The molecule has 0 aliphatic heterocycles. The Balaban J connectivity index is 2.34. The van der Waals surface area contributed by atoms with Crippen LogP contribution in [0.4, 0.5) is 0 Å². The third-order valence-electron chi connectivity index (χ3n) is 3.53. The maximum atomic E-state index is 11.8. The minimum absolute atomic E-state index is 0.00638. The van der Waals surface area contributed by atoms with Crippen LogP contribution in [0.3, 0.4) is 0 Å². The van der Waals surface area contributed by atoms with Gasteiger partial charge in [0.05, 0.1) is 6.54 Å². The van der Waals surface area contributed by atoms with Gasteiger partial charge in [-0.25, -0.2) is 0 Å². The van der Waals surface area contributed by atoms with Crippen molar-refractivity contribution in [2.45, 2.75) is 44.7 Å². The van der Waals surface area contributed by atoms with Gasteiger partial charge in [0.2, 0.25) is 11.8 Å². The molecule has 0 unspecified atom stereocenters. The second kappa shape index (κ2) is 6.59. The monoisotopic (exact) mass is 241 g/mol. The van der Waals surface area contributed by atoms with Crippen molar-refractivity contribution in [3.8, 4) is 0 Å².